The fourth-order valence-corrected chi connectivity index (χ4v) is 5.23. The second-order valence-electron chi connectivity index (χ2n) is 4.39. The third kappa shape index (κ3) is 1.88. The number of hydrogen-bond donors (Lipinski definition) is 0. The van der Waals surface area contributed by atoms with Crippen molar-refractivity contribution >= 4 is 37.3 Å². The Bertz CT molecular complexity index is 634. The molecule has 3 rings (SSSR count). The minimum atomic E-state index is -0.0253. The molecule has 0 N–H and O–H groups in total. The summed E-state index contributed by atoms with van der Waals surface area (Å²) in [6.07, 6.45) is 1.01. The molecule has 94 valence electrons. The normalized spacial score (nSPS) is 18.8. The molecule has 1 aromatic heterocycles. The molecule has 1 atom stereocenters. The van der Waals surface area contributed by atoms with Crippen molar-refractivity contribution in [3.05, 3.63) is 50.0 Å². The largest absolute Gasteiger partial charge is 0.354 e. The van der Waals surface area contributed by atoms with Gasteiger partial charge >= 0.3 is 0 Å². The Morgan fingerprint density at radius 2 is 2.11 bits per heavy atom. The molecule has 5 heteroatoms. The highest BCUT2D eigenvalue weighted by molar-refractivity contribution is 7.70. The molecule has 1 aliphatic rings. The van der Waals surface area contributed by atoms with E-state index in [2.05, 4.69) is 36.1 Å². The molecule has 2 aromatic rings. The van der Waals surface area contributed by atoms with Gasteiger partial charge in [0.1, 0.15) is 10.0 Å². The van der Waals surface area contributed by atoms with E-state index in [1.54, 1.807) is 0 Å². The van der Waals surface area contributed by atoms with Crippen molar-refractivity contribution in [3.63, 3.8) is 0 Å². The second kappa shape index (κ2) is 4.68. The third-order valence-corrected chi connectivity index (χ3v) is 6.21. The van der Waals surface area contributed by atoms with Crippen LogP contribution in [0.3, 0.4) is 0 Å². The summed E-state index contributed by atoms with van der Waals surface area (Å²) >= 11 is 6.10. The van der Waals surface area contributed by atoms with Gasteiger partial charge in [0.25, 0.3) is 4.74 Å². The summed E-state index contributed by atoms with van der Waals surface area (Å²) in [4.78, 5) is 13.7. The first-order valence-corrected chi connectivity index (χ1v) is 8.34. The number of halogens is 1. The van der Waals surface area contributed by atoms with Crippen LogP contribution in [0.15, 0.2) is 29.1 Å². The zero-order valence-corrected chi connectivity index (χ0v) is 12.2. The molecule has 2 heterocycles. The minimum absolute atomic E-state index is 0.0253. The van der Waals surface area contributed by atoms with Crippen molar-refractivity contribution in [2.75, 3.05) is 11.4 Å². The van der Waals surface area contributed by atoms with Crippen LogP contribution in [0.5, 0.6) is 0 Å². The van der Waals surface area contributed by atoms with Crippen LogP contribution in [-0.4, -0.2) is 6.54 Å². The first-order valence-electron chi connectivity index (χ1n) is 5.81. The van der Waals surface area contributed by atoms with Gasteiger partial charge in [-0.1, -0.05) is 46.2 Å². The summed E-state index contributed by atoms with van der Waals surface area (Å²) in [5.41, 5.74) is 2.74. The van der Waals surface area contributed by atoms with Crippen LogP contribution in [0.2, 0.25) is 5.02 Å². The lowest BCUT2D eigenvalue weighted by molar-refractivity contribution is 0.629. The zero-order chi connectivity index (χ0) is 12.7. The molecule has 0 amide bonds. The van der Waals surface area contributed by atoms with E-state index in [9.17, 15) is 4.79 Å². The third-order valence-electron chi connectivity index (χ3n) is 3.42. The molecule has 1 aliphatic heterocycles. The van der Waals surface area contributed by atoms with Gasteiger partial charge in [0.05, 0.1) is 6.04 Å². The van der Waals surface area contributed by atoms with Crippen LogP contribution in [0.4, 0.5) is 5.00 Å². The van der Waals surface area contributed by atoms with Gasteiger partial charge in [0, 0.05) is 6.54 Å². The fraction of sp³-hybridized carbons (Fsp3) is 0.308. The molecule has 0 saturated heterocycles. The zero-order valence-electron chi connectivity index (χ0n) is 9.85. The topological polar surface area (TPSA) is 20.3 Å². The van der Waals surface area contributed by atoms with Gasteiger partial charge in [-0.05, 0) is 34.8 Å². The maximum Gasteiger partial charge on any atom is 0.263 e. The molecule has 0 bridgehead atoms. The van der Waals surface area contributed by atoms with Gasteiger partial charge in [-0.25, -0.2) is 0 Å². The number of anilines is 1. The molecule has 1 aromatic carbocycles. The van der Waals surface area contributed by atoms with Gasteiger partial charge in [0.2, 0.25) is 0 Å². The molecule has 0 saturated carbocycles. The first-order chi connectivity index (χ1) is 8.68. The van der Waals surface area contributed by atoms with E-state index >= 15 is 0 Å². The summed E-state index contributed by atoms with van der Waals surface area (Å²) < 4.78 is -0.0253. The lowest BCUT2D eigenvalue weighted by Gasteiger charge is -2.35. The summed E-state index contributed by atoms with van der Waals surface area (Å²) in [5.74, 6) is 0. The van der Waals surface area contributed by atoms with E-state index in [4.69, 9.17) is 11.6 Å². The highest BCUT2D eigenvalue weighted by Crippen LogP contribution is 2.39. The van der Waals surface area contributed by atoms with Gasteiger partial charge in [-0.15, -0.1) is 0 Å². The van der Waals surface area contributed by atoms with E-state index in [0.717, 1.165) is 18.0 Å². The summed E-state index contributed by atoms with van der Waals surface area (Å²) in [6, 6.07) is 8.77. The fourth-order valence-electron chi connectivity index (χ4n) is 2.46. The Labute approximate surface area is 118 Å². The summed E-state index contributed by atoms with van der Waals surface area (Å²) in [5, 5.41) is 1.31. The van der Waals surface area contributed by atoms with Crippen molar-refractivity contribution in [2.24, 2.45) is 0 Å². The van der Waals surface area contributed by atoms with E-state index in [0.29, 0.717) is 5.02 Å². The predicted molar refractivity (Wildman–Crippen MR) is 79.4 cm³/mol. The molecule has 2 nitrogen and oxygen atoms in total. The SMILES string of the molecule is C[C@H]1c2ccccc2CCN1c1ssc(=O)c1Cl. The quantitative estimate of drug-likeness (QED) is 0.743. The standard InChI is InChI=1S/C13H12ClNOS2/c1-8-10-5-3-2-4-9(10)6-7-15(8)12-11(14)13(16)18-17-12/h2-5,8H,6-7H2,1H3/t8-/m0/s1. The number of hydrogen-bond acceptors (Lipinski definition) is 4. The van der Waals surface area contributed by atoms with Gasteiger partial charge in [-0.3, -0.25) is 4.79 Å². The van der Waals surface area contributed by atoms with Crippen LogP contribution >= 0.6 is 32.3 Å². The highest BCUT2D eigenvalue weighted by atomic mass is 35.5. The summed E-state index contributed by atoms with van der Waals surface area (Å²) in [7, 11) is 2.70. The smallest absolute Gasteiger partial charge is 0.263 e. The van der Waals surface area contributed by atoms with Crippen LogP contribution < -0.4 is 9.64 Å². The number of rotatable bonds is 1. The number of fused-ring (bicyclic) bond motifs is 1. The van der Waals surface area contributed by atoms with Crippen LogP contribution in [0, 0.1) is 0 Å². The minimum Gasteiger partial charge on any atom is -0.354 e. The van der Waals surface area contributed by atoms with Crippen molar-refractivity contribution in [2.45, 2.75) is 19.4 Å². The van der Waals surface area contributed by atoms with Crippen molar-refractivity contribution in [1.82, 2.24) is 0 Å². The molecule has 0 spiro atoms. The maximum atomic E-state index is 11.5. The molecule has 0 fully saturated rings. The molecular formula is C13H12ClNOS2. The molecule has 18 heavy (non-hydrogen) atoms. The van der Waals surface area contributed by atoms with Crippen molar-refractivity contribution in [3.8, 4) is 0 Å². The van der Waals surface area contributed by atoms with Gasteiger partial charge in [-0.2, -0.15) is 0 Å². The van der Waals surface area contributed by atoms with Crippen molar-refractivity contribution in [1.29, 1.82) is 0 Å². The Morgan fingerprint density at radius 3 is 2.83 bits per heavy atom. The van der Waals surface area contributed by atoms with Crippen LogP contribution in [0.1, 0.15) is 24.1 Å². The van der Waals surface area contributed by atoms with E-state index in [1.165, 1.54) is 31.8 Å². The molecular weight excluding hydrogens is 286 g/mol. The van der Waals surface area contributed by atoms with Crippen LogP contribution in [-0.2, 0) is 6.42 Å². The molecule has 0 unspecified atom stereocenters. The Balaban J connectivity index is 2.03. The molecule has 0 radical (unpaired) electrons. The second-order valence-corrected chi connectivity index (χ2v) is 6.86. The monoisotopic (exact) mass is 297 g/mol. The Kier molecular flexibility index (Phi) is 3.18. The van der Waals surface area contributed by atoms with Gasteiger partial charge < -0.3 is 4.90 Å². The lowest BCUT2D eigenvalue weighted by atomic mass is 9.94. The van der Waals surface area contributed by atoms with E-state index < -0.39 is 0 Å². The number of benzene rings is 1. The van der Waals surface area contributed by atoms with E-state index in [1.807, 2.05) is 0 Å². The van der Waals surface area contributed by atoms with E-state index in [-0.39, 0.29) is 10.8 Å². The average molecular weight is 298 g/mol. The first kappa shape index (κ1) is 12.2. The Hall–Kier alpha value is -0.840. The average Bonchev–Trinajstić information content (AvgIpc) is 2.71. The summed E-state index contributed by atoms with van der Waals surface area (Å²) in [6.45, 7) is 3.09. The molecule has 0 aliphatic carbocycles. The van der Waals surface area contributed by atoms with Crippen molar-refractivity contribution < 1.29 is 0 Å². The predicted octanol–water partition coefficient (Wildman–Crippen LogP) is 3.95. The van der Waals surface area contributed by atoms with Gasteiger partial charge in [0.15, 0.2) is 0 Å². The lowest BCUT2D eigenvalue weighted by Crippen LogP contribution is -2.33. The maximum absolute atomic E-state index is 11.5. The number of nitrogens with zero attached hydrogens (tertiary/aromatic N) is 1. The van der Waals surface area contributed by atoms with Crippen LogP contribution in [0.25, 0.3) is 0 Å². The highest BCUT2D eigenvalue weighted by Gasteiger charge is 2.27. The Morgan fingerprint density at radius 1 is 1.33 bits per heavy atom.